The van der Waals surface area contributed by atoms with Crippen LogP contribution in [0.1, 0.15) is 33.3 Å². The molecule has 0 heterocycles. The van der Waals surface area contributed by atoms with Gasteiger partial charge in [-0.2, -0.15) is 0 Å². The van der Waals surface area contributed by atoms with Crippen molar-refractivity contribution < 1.29 is 18.3 Å². The second kappa shape index (κ2) is 5.70. The minimum atomic E-state index is -3.84. The number of sulfonamides is 1. The van der Waals surface area contributed by atoms with E-state index in [0.717, 1.165) is 5.56 Å². The third kappa shape index (κ3) is 3.64. The van der Waals surface area contributed by atoms with E-state index in [-0.39, 0.29) is 4.90 Å². The minimum absolute atomic E-state index is 0.0855. The van der Waals surface area contributed by atoms with Crippen LogP contribution in [0.5, 0.6) is 0 Å². The van der Waals surface area contributed by atoms with Gasteiger partial charge < -0.3 is 5.11 Å². The van der Waals surface area contributed by atoms with Gasteiger partial charge in [-0.25, -0.2) is 13.1 Å². The Kier molecular flexibility index (Phi) is 4.92. The fraction of sp³-hybridized carbons (Fsp3) is 0.500. The van der Waals surface area contributed by atoms with Crippen LogP contribution in [-0.2, 0) is 14.8 Å². The van der Waals surface area contributed by atoms with Crippen LogP contribution in [0.15, 0.2) is 27.6 Å². The Labute approximate surface area is 133 Å². The van der Waals surface area contributed by atoms with Crippen molar-refractivity contribution in [3.8, 4) is 0 Å². The fourth-order valence-corrected chi connectivity index (χ4v) is 4.34. The Morgan fingerprint density at radius 3 is 2.19 bits per heavy atom. The van der Waals surface area contributed by atoms with E-state index in [1.54, 1.807) is 26.0 Å². The Bertz CT molecular complexity index is 666. The third-order valence-electron chi connectivity index (χ3n) is 3.86. The van der Waals surface area contributed by atoms with E-state index < -0.39 is 26.9 Å². The van der Waals surface area contributed by atoms with E-state index in [4.69, 9.17) is 0 Å². The van der Waals surface area contributed by atoms with Crippen molar-refractivity contribution in [3.63, 3.8) is 0 Å². The van der Waals surface area contributed by atoms with Crippen LogP contribution in [0, 0.1) is 12.3 Å². The van der Waals surface area contributed by atoms with Gasteiger partial charge in [-0.3, -0.25) is 4.79 Å². The number of hydrogen-bond donors (Lipinski definition) is 2. The second-order valence-electron chi connectivity index (χ2n) is 6.09. The first kappa shape index (κ1) is 18.1. The van der Waals surface area contributed by atoms with Gasteiger partial charge in [-0.1, -0.05) is 6.07 Å². The molecule has 0 aliphatic heterocycles. The van der Waals surface area contributed by atoms with Crippen LogP contribution in [-0.4, -0.2) is 25.0 Å². The molecule has 0 bridgehead atoms. The zero-order valence-corrected chi connectivity index (χ0v) is 15.1. The first-order valence-corrected chi connectivity index (χ1v) is 8.62. The van der Waals surface area contributed by atoms with Crippen molar-refractivity contribution in [1.29, 1.82) is 0 Å². The lowest BCUT2D eigenvalue weighted by Gasteiger charge is -2.38. The summed E-state index contributed by atoms with van der Waals surface area (Å²) in [6.07, 6.45) is 0. The number of nitrogens with one attached hydrogen (secondary N) is 1. The van der Waals surface area contributed by atoms with Gasteiger partial charge in [0.25, 0.3) is 0 Å². The highest BCUT2D eigenvalue weighted by Gasteiger charge is 2.46. The standard InChI is InChI=1S/C14H20BrNO4S/c1-9-6-7-11(10(15)8-9)21(19,20)16-14(4,5)13(2,3)12(17)18/h6-8,16H,1-5H3,(H,17,18). The summed E-state index contributed by atoms with van der Waals surface area (Å²) in [6, 6.07) is 4.88. The summed E-state index contributed by atoms with van der Waals surface area (Å²) in [5.74, 6) is -1.07. The molecule has 0 unspecified atom stereocenters. The lowest BCUT2D eigenvalue weighted by atomic mass is 9.75. The lowest BCUT2D eigenvalue weighted by Crippen LogP contribution is -2.56. The highest BCUT2D eigenvalue weighted by molar-refractivity contribution is 9.10. The summed E-state index contributed by atoms with van der Waals surface area (Å²) in [5, 5.41) is 9.29. The maximum atomic E-state index is 12.5. The van der Waals surface area contributed by atoms with Crippen LogP contribution in [0.25, 0.3) is 0 Å². The number of halogens is 1. The van der Waals surface area contributed by atoms with Gasteiger partial charge >= 0.3 is 5.97 Å². The molecule has 0 saturated carbocycles. The summed E-state index contributed by atoms with van der Waals surface area (Å²) < 4.78 is 28.0. The molecule has 0 fully saturated rings. The zero-order chi connectivity index (χ0) is 16.6. The Hall–Kier alpha value is -0.920. The lowest BCUT2D eigenvalue weighted by molar-refractivity contribution is -0.150. The summed E-state index contributed by atoms with van der Waals surface area (Å²) in [4.78, 5) is 11.4. The van der Waals surface area contributed by atoms with Gasteiger partial charge in [0.15, 0.2) is 0 Å². The molecular formula is C14H20BrNO4S. The summed E-state index contributed by atoms with van der Waals surface area (Å²) >= 11 is 3.23. The van der Waals surface area contributed by atoms with E-state index >= 15 is 0 Å². The minimum Gasteiger partial charge on any atom is -0.481 e. The predicted octanol–water partition coefficient (Wildman–Crippen LogP) is 2.93. The normalized spacial score (nSPS) is 13.2. The number of aliphatic carboxylic acids is 1. The molecule has 0 atom stereocenters. The van der Waals surface area contributed by atoms with E-state index in [2.05, 4.69) is 20.7 Å². The number of carboxylic acids is 1. The first-order valence-electron chi connectivity index (χ1n) is 6.35. The summed E-state index contributed by atoms with van der Waals surface area (Å²) in [5.41, 5.74) is -1.51. The molecule has 0 spiro atoms. The number of aryl methyl sites for hydroxylation is 1. The SMILES string of the molecule is Cc1ccc(S(=O)(=O)NC(C)(C)C(C)(C)C(=O)O)c(Br)c1. The highest BCUT2D eigenvalue weighted by atomic mass is 79.9. The molecule has 2 N–H and O–H groups in total. The molecule has 7 heteroatoms. The number of rotatable bonds is 5. The monoisotopic (exact) mass is 377 g/mol. The van der Waals surface area contributed by atoms with Gasteiger partial charge in [0, 0.05) is 10.0 Å². The van der Waals surface area contributed by atoms with Gasteiger partial charge in [0.05, 0.1) is 10.3 Å². The zero-order valence-electron chi connectivity index (χ0n) is 12.7. The van der Waals surface area contributed by atoms with Crippen molar-refractivity contribution in [1.82, 2.24) is 4.72 Å². The van der Waals surface area contributed by atoms with Crippen molar-refractivity contribution in [2.24, 2.45) is 5.41 Å². The van der Waals surface area contributed by atoms with Crippen LogP contribution in [0.3, 0.4) is 0 Å². The first-order chi connectivity index (χ1) is 9.31. The maximum absolute atomic E-state index is 12.5. The quantitative estimate of drug-likeness (QED) is 0.825. The average Bonchev–Trinajstić information content (AvgIpc) is 2.25. The summed E-state index contributed by atoms with van der Waals surface area (Å²) in [6.45, 7) is 7.94. The van der Waals surface area contributed by atoms with Crippen LogP contribution < -0.4 is 4.72 Å². The Morgan fingerprint density at radius 1 is 1.24 bits per heavy atom. The molecule has 1 aromatic rings. The van der Waals surface area contributed by atoms with Gasteiger partial charge in [-0.15, -0.1) is 0 Å². The number of carbonyl (C=O) groups is 1. The maximum Gasteiger partial charge on any atom is 0.310 e. The second-order valence-corrected chi connectivity index (χ2v) is 8.60. The van der Waals surface area contributed by atoms with Gasteiger partial charge in [0.2, 0.25) is 10.0 Å². The topological polar surface area (TPSA) is 83.5 Å². The molecule has 0 aliphatic rings. The van der Waals surface area contributed by atoms with Gasteiger partial charge in [-0.05, 0) is 68.2 Å². The van der Waals surface area contributed by atoms with Crippen LogP contribution in [0.2, 0.25) is 0 Å². The number of carboxylic acid groups (broad SMARTS) is 1. The predicted molar refractivity (Wildman–Crippen MR) is 84.7 cm³/mol. The van der Waals surface area contributed by atoms with E-state index in [1.807, 2.05) is 6.92 Å². The molecule has 0 amide bonds. The van der Waals surface area contributed by atoms with Gasteiger partial charge in [0.1, 0.15) is 0 Å². The highest BCUT2D eigenvalue weighted by Crippen LogP contribution is 2.33. The van der Waals surface area contributed by atoms with Crippen molar-refractivity contribution in [3.05, 3.63) is 28.2 Å². The molecule has 0 saturated heterocycles. The molecule has 21 heavy (non-hydrogen) atoms. The average molecular weight is 378 g/mol. The van der Waals surface area contributed by atoms with Crippen molar-refractivity contribution in [2.75, 3.05) is 0 Å². The molecule has 118 valence electrons. The smallest absolute Gasteiger partial charge is 0.310 e. The van der Waals surface area contributed by atoms with E-state index in [0.29, 0.717) is 4.47 Å². The Balaban J connectivity index is 3.25. The van der Waals surface area contributed by atoms with Crippen molar-refractivity contribution in [2.45, 2.75) is 45.1 Å². The van der Waals surface area contributed by atoms with E-state index in [9.17, 15) is 18.3 Å². The molecule has 5 nitrogen and oxygen atoms in total. The van der Waals surface area contributed by atoms with Crippen LogP contribution in [0.4, 0.5) is 0 Å². The molecule has 0 aliphatic carbocycles. The molecule has 0 aromatic heterocycles. The fourth-order valence-electron chi connectivity index (χ4n) is 1.61. The number of hydrogen-bond acceptors (Lipinski definition) is 3. The Morgan fingerprint density at radius 2 is 1.76 bits per heavy atom. The summed E-state index contributed by atoms with van der Waals surface area (Å²) in [7, 11) is -3.84. The molecule has 1 aromatic carbocycles. The number of benzene rings is 1. The van der Waals surface area contributed by atoms with E-state index in [1.165, 1.54) is 19.9 Å². The van der Waals surface area contributed by atoms with Crippen molar-refractivity contribution >= 4 is 31.9 Å². The third-order valence-corrected chi connectivity index (χ3v) is 6.50. The van der Waals surface area contributed by atoms with Crippen LogP contribution >= 0.6 is 15.9 Å². The largest absolute Gasteiger partial charge is 0.481 e. The molecular weight excluding hydrogens is 358 g/mol. The molecule has 1 rings (SSSR count). The molecule has 0 radical (unpaired) electrons.